The first-order valence-electron chi connectivity index (χ1n) is 8.73. The smallest absolute Gasteiger partial charge is 0.355 e. The molecule has 152 valence electrons. The third-order valence-corrected chi connectivity index (χ3v) is 6.58. The molecule has 4 nitrogen and oxygen atoms in total. The van der Waals surface area contributed by atoms with E-state index in [2.05, 4.69) is 26.2 Å². The van der Waals surface area contributed by atoms with Gasteiger partial charge in [-0.3, -0.25) is 4.79 Å². The normalized spacial score (nSPS) is 15.7. The molecule has 0 bridgehead atoms. The van der Waals surface area contributed by atoms with E-state index < -0.39 is 11.7 Å². The quantitative estimate of drug-likeness (QED) is 0.622. The van der Waals surface area contributed by atoms with Crippen LogP contribution in [0.2, 0.25) is 5.02 Å². The predicted octanol–water partition coefficient (Wildman–Crippen LogP) is 5.15. The molecular weight excluding hydrogens is 479 g/mol. The van der Waals surface area contributed by atoms with Crippen LogP contribution in [0.25, 0.3) is 0 Å². The second-order valence-corrected chi connectivity index (χ2v) is 9.49. The maximum atomic E-state index is 12.7. The molecule has 0 spiro atoms. The van der Waals surface area contributed by atoms with Crippen molar-refractivity contribution in [1.82, 2.24) is 10.3 Å². The molecule has 0 radical (unpaired) electrons. The lowest BCUT2D eigenvalue weighted by Crippen LogP contribution is -2.41. The largest absolute Gasteiger partial charge is 0.417 e. The number of alkyl halides is 3. The average Bonchev–Trinajstić information content (AvgIpc) is 3.06. The number of anilines is 1. The summed E-state index contributed by atoms with van der Waals surface area (Å²) in [5.74, 6) is 0.234. The highest BCUT2D eigenvalue weighted by molar-refractivity contribution is 9.11. The minimum atomic E-state index is -4.47. The maximum absolute atomic E-state index is 12.7. The number of thiophene rings is 1. The van der Waals surface area contributed by atoms with E-state index >= 15 is 0 Å². The van der Waals surface area contributed by atoms with Crippen LogP contribution in [-0.2, 0) is 17.4 Å². The Balaban J connectivity index is 1.49. The summed E-state index contributed by atoms with van der Waals surface area (Å²) >= 11 is 11.1. The number of rotatable bonds is 5. The highest BCUT2D eigenvalue weighted by atomic mass is 79.9. The summed E-state index contributed by atoms with van der Waals surface area (Å²) in [6.45, 7) is 1.63. The molecule has 28 heavy (non-hydrogen) atoms. The number of nitrogens with zero attached hydrogens (tertiary/aromatic N) is 2. The summed E-state index contributed by atoms with van der Waals surface area (Å²) < 4.78 is 39.3. The summed E-state index contributed by atoms with van der Waals surface area (Å²) in [6, 6.07) is 4.91. The van der Waals surface area contributed by atoms with E-state index in [9.17, 15) is 18.0 Å². The fourth-order valence-corrected chi connectivity index (χ4v) is 4.88. The number of pyridine rings is 1. The lowest BCUT2D eigenvalue weighted by Gasteiger charge is -2.32. The molecule has 0 atom stereocenters. The van der Waals surface area contributed by atoms with Crippen LogP contribution in [0, 0.1) is 5.92 Å². The molecule has 3 rings (SSSR count). The van der Waals surface area contributed by atoms with E-state index in [4.69, 9.17) is 11.6 Å². The van der Waals surface area contributed by atoms with Crippen LogP contribution in [0.15, 0.2) is 28.2 Å². The van der Waals surface area contributed by atoms with Crippen LogP contribution >= 0.6 is 38.9 Å². The van der Waals surface area contributed by atoms with Crippen LogP contribution in [0.3, 0.4) is 0 Å². The molecule has 1 aliphatic heterocycles. The highest BCUT2D eigenvalue weighted by Crippen LogP contribution is 2.34. The van der Waals surface area contributed by atoms with Crippen molar-refractivity contribution in [3.8, 4) is 0 Å². The second kappa shape index (κ2) is 9.00. The second-order valence-electron chi connectivity index (χ2n) is 6.54. The molecule has 3 heterocycles. The molecule has 10 heteroatoms. The maximum Gasteiger partial charge on any atom is 0.417 e. The standard InChI is InChI=1S/C18H18BrClF3N3OS/c19-15-2-1-13(28-15)3-6-24-17(27)11-4-7-26(8-5-11)16-14(20)9-12(10-25-16)18(21,22)23/h1-2,9-11H,3-8H2,(H,24,27). The van der Waals surface area contributed by atoms with Crippen molar-refractivity contribution in [2.45, 2.75) is 25.4 Å². The summed E-state index contributed by atoms with van der Waals surface area (Å²) in [4.78, 5) is 19.3. The van der Waals surface area contributed by atoms with Crippen molar-refractivity contribution < 1.29 is 18.0 Å². The van der Waals surface area contributed by atoms with E-state index in [-0.39, 0.29) is 16.8 Å². The Morgan fingerprint density at radius 3 is 2.64 bits per heavy atom. The van der Waals surface area contributed by atoms with Crippen LogP contribution in [0.1, 0.15) is 23.3 Å². The van der Waals surface area contributed by atoms with Crippen molar-refractivity contribution >= 4 is 50.6 Å². The fourth-order valence-electron chi connectivity index (χ4n) is 3.11. The van der Waals surface area contributed by atoms with Crippen molar-refractivity contribution in [2.24, 2.45) is 5.92 Å². The Morgan fingerprint density at radius 2 is 2.07 bits per heavy atom. The fraction of sp³-hybridized carbons (Fsp3) is 0.444. The molecular formula is C18H18BrClF3N3OS. The van der Waals surface area contributed by atoms with Gasteiger partial charge in [-0.1, -0.05) is 11.6 Å². The van der Waals surface area contributed by atoms with Crippen LogP contribution in [-0.4, -0.2) is 30.5 Å². The summed E-state index contributed by atoms with van der Waals surface area (Å²) in [6.07, 6.45) is -1.68. The van der Waals surface area contributed by atoms with E-state index in [1.54, 1.807) is 11.3 Å². The van der Waals surface area contributed by atoms with E-state index in [0.717, 1.165) is 22.5 Å². The molecule has 0 aromatic carbocycles. The Hall–Kier alpha value is -1.32. The Labute approximate surface area is 178 Å². The SMILES string of the molecule is O=C(NCCc1ccc(Br)s1)C1CCN(c2ncc(C(F)(F)F)cc2Cl)CC1. The average molecular weight is 497 g/mol. The zero-order valence-electron chi connectivity index (χ0n) is 14.7. The topological polar surface area (TPSA) is 45.2 Å². The number of nitrogens with one attached hydrogen (secondary N) is 1. The Morgan fingerprint density at radius 1 is 1.36 bits per heavy atom. The van der Waals surface area contributed by atoms with E-state index in [1.165, 1.54) is 4.88 Å². The van der Waals surface area contributed by atoms with Crippen LogP contribution < -0.4 is 10.2 Å². The first-order valence-corrected chi connectivity index (χ1v) is 10.7. The molecule has 2 aromatic heterocycles. The van der Waals surface area contributed by atoms with Gasteiger partial charge in [0, 0.05) is 36.6 Å². The van der Waals surface area contributed by atoms with Gasteiger partial charge in [0.2, 0.25) is 5.91 Å². The van der Waals surface area contributed by atoms with Crippen LogP contribution in [0.5, 0.6) is 0 Å². The summed E-state index contributed by atoms with van der Waals surface area (Å²) in [5, 5.41) is 2.94. The van der Waals surface area contributed by atoms with Crippen molar-refractivity contribution in [3.05, 3.63) is 43.6 Å². The lowest BCUT2D eigenvalue weighted by atomic mass is 9.96. The number of piperidine rings is 1. The minimum Gasteiger partial charge on any atom is -0.355 e. The first kappa shape index (κ1) is 21.4. The molecule has 1 fully saturated rings. The van der Waals surface area contributed by atoms with Gasteiger partial charge >= 0.3 is 6.18 Å². The molecule has 0 unspecified atom stereocenters. The number of hydrogen-bond acceptors (Lipinski definition) is 4. The number of carbonyl (C=O) groups is 1. The highest BCUT2D eigenvalue weighted by Gasteiger charge is 2.33. The zero-order chi connectivity index (χ0) is 20.3. The van der Waals surface area contributed by atoms with Gasteiger partial charge in [0.05, 0.1) is 14.4 Å². The number of amides is 1. The molecule has 1 N–H and O–H groups in total. The Bertz CT molecular complexity index is 838. The summed E-state index contributed by atoms with van der Waals surface area (Å²) in [5.41, 5.74) is -0.867. The number of carbonyl (C=O) groups excluding carboxylic acids is 1. The van der Waals surface area contributed by atoms with Crippen molar-refractivity contribution in [1.29, 1.82) is 0 Å². The third kappa shape index (κ3) is 5.39. The van der Waals surface area contributed by atoms with Gasteiger partial charge in [0.15, 0.2) is 0 Å². The van der Waals surface area contributed by atoms with Gasteiger partial charge in [-0.2, -0.15) is 13.2 Å². The van der Waals surface area contributed by atoms with Gasteiger partial charge < -0.3 is 10.2 Å². The van der Waals surface area contributed by atoms with Gasteiger partial charge in [-0.05, 0) is 53.4 Å². The van der Waals surface area contributed by atoms with Crippen molar-refractivity contribution in [2.75, 3.05) is 24.5 Å². The molecule has 2 aromatic rings. The summed E-state index contributed by atoms with van der Waals surface area (Å²) in [7, 11) is 0. The number of hydrogen-bond donors (Lipinski definition) is 1. The molecule has 1 aliphatic rings. The molecule has 1 saturated heterocycles. The third-order valence-electron chi connectivity index (χ3n) is 4.61. The van der Waals surface area contributed by atoms with Gasteiger partial charge in [0.1, 0.15) is 5.82 Å². The predicted molar refractivity (Wildman–Crippen MR) is 108 cm³/mol. The number of halogens is 5. The molecule has 0 aliphatic carbocycles. The van der Waals surface area contributed by atoms with Gasteiger partial charge in [0.25, 0.3) is 0 Å². The monoisotopic (exact) mass is 495 g/mol. The molecule has 1 amide bonds. The minimum absolute atomic E-state index is 0.0155. The Kier molecular flexibility index (Phi) is 6.88. The van der Waals surface area contributed by atoms with Gasteiger partial charge in [-0.15, -0.1) is 11.3 Å². The van der Waals surface area contributed by atoms with Gasteiger partial charge in [-0.25, -0.2) is 4.98 Å². The van der Waals surface area contributed by atoms with Crippen molar-refractivity contribution in [3.63, 3.8) is 0 Å². The first-order chi connectivity index (χ1) is 13.2. The van der Waals surface area contributed by atoms with E-state index in [1.807, 2.05) is 17.0 Å². The van der Waals surface area contributed by atoms with E-state index in [0.29, 0.717) is 38.3 Å². The number of aromatic nitrogens is 1. The molecule has 0 saturated carbocycles. The lowest BCUT2D eigenvalue weighted by molar-refractivity contribution is -0.137. The zero-order valence-corrected chi connectivity index (χ0v) is 17.9. The van der Waals surface area contributed by atoms with Crippen LogP contribution in [0.4, 0.5) is 19.0 Å².